The molecular weight excluding hydrogens is 376 g/mol. The molecule has 0 fully saturated rings. The molecule has 1 aromatic carbocycles. The van der Waals surface area contributed by atoms with Gasteiger partial charge in [-0.15, -0.1) is 11.8 Å². The van der Waals surface area contributed by atoms with Crippen LogP contribution < -0.4 is 5.32 Å². The van der Waals surface area contributed by atoms with Crippen molar-refractivity contribution in [3.05, 3.63) is 76.2 Å². The molecule has 0 amide bonds. The van der Waals surface area contributed by atoms with E-state index < -0.39 is 5.82 Å². The molecule has 0 spiro atoms. The summed E-state index contributed by atoms with van der Waals surface area (Å²) in [5.74, 6) is -0.770. The lowest BCUT2D eigenvalue weighted by atomic mass is 10.0. The van der Waals surface area contributed by atoms with E-state index in [1.165, 1.54) is 17.8 Å². The highest BCUT2D eigenvalue weighted by Crippen LogP contribution is 2.28. The Balaban J connectivity index is 1.90. The van der Waals surface area contributed by atoms with Gasteiger partial charge in [0.1, 0.15) is 10.8 Å². The number of rotatable bonds is 5. The number of anilines is 2. The van der Waals surface area contributed by atoms with Crippen molar-refractivity contribution in [3.63, 3.8) is 0 Å². The van der Waals surface area contributed by atoms with Gasteiger partial charge in [-0.2, -0.15) is 0 Å². The molecule has 0 bridgehead atoms. The Morgan fingerprint density at radius 1 is 1.12 bits per heavy atom. The van der Waals surface area contributed by atoms with E-state index in [9.17, 15) is 8.78 Å². The Morgan fingerprint density at radius 3 is 2.65 bits per heavy atom. The highest BCUT2D eigenvalue weighted by Gasteiger charge is 2.13. The molecule has 0 atom stereocenters. The van der Waals surface area contributed by atoms with Crippen LogP contribution in [-0.4, -0.2) is 16.2 Å². The van der Waals surface area contributed by atoms with Gasteiger partial charge in [0.15, 0.2) is 5.82 Å². The monoisotopic (exact) mass is 391 g/mol. The molecule has 0 saturated carbocycles. The van der Waals surface area contributed by atoms with E-state index in [-0.39, 0.29) is 5.82 Å². The van der Waals surface area contributed by atoms with Gasteiger partial charge in [0.05, 0.1) is 17.6 Å². The molecule has 7 heteroatoms. The van der Waals surface area contributed by atoms with Crippen LogP contribution in [0.4, 0.5) is 20.2 Å². The summed E-state index contributed by atoms with van der Waals surface area (Å²) in [5, 5.41) is 3.72. The minimum absolute atomic E-state index is 0.302. The van der Waals surface area contributed by atoms with Crippen molar-refractivity contribution in [3.8, 4) is 0 Å². The Labute approximate surface area is 159 Å². The van der Waals surface area contributed by atoms with Crippen molar-refractivity contribution in [2.24, 2.45) is 0 Å². The average Bonchev–Trinajstić information content (AvgIpc) is 2.62. The van der Waals surface area contributed by atoms with E-state index in [1.807, 2.05) is 6.92 Å². The van der Waals surface area contributed by atoms with Crippen LogP contribution >= 0.6 is 23.4 Å². The molecule has 26 heavy (non-hydrogen) atoms. The van der Waals surface area contributed by atoms with Crippen molar-refractivity contribution in [1.29, 1.82) is 0 Å². The van der Waals surface area contributed by atoms with Crippen LogP contribution in [0.15, 0.2) is 47.9 Å². The number of benzene rings is 1. The van der Waals surface area contributed by atoms with E-state index in [4.69, 9.17) is 11.6 Å². The van der Waals surface area contributed by atoms with Crippen LogP contribution in [-0.2, 0) is 6.42 Å². The van der Waals surface area contributed by atoms with Gasteiger partial charge in [-0.05, 0) is 54.1 Å². The second kappa shape index (κ2) is 8.01. The summed E-state index contributed by atoms with van der Waals surface area (Å²) in [4.78, 5) is 8.22. The second-order valence-electron chi connectivity index (χ2n) is 5.69. The molecule has 0 aliphatic heterocycles. The molecule has 0 aliphatic carbocycles. The van der Waals surface area contributed by atoms with Crippen LogP contribution in [0, 0.1) is 18.6 Å². The van der Waals surface area contributed by atoms with E-state index in [1.54, 1.807) is 43.0 Å². The average molecular weight is 392 g/mol. The van der Waals surface area contributed by atoms with Crippen molar-refractivity contribution >= 4 is 34.7 Å². The lowest BCUT2D eigenvalue weighted by Crippen LogP contribution is -2.02. The first kappa shape index (κ1) is 18.6. The Kier molecular flexibility index (Phi) is 5.74. The molecule has 2 aromatic heterocycles. The number of pyridine rings is 2. The summed E-state index contributed by atoms with van der Waals surface area (Å²) in [5.41, 5.74) is 3.22. The van der Waals surface area contributed by atoms with E-state index in [2.05, 4.69) is 15.3 Å². The second-order valence-corrected chi connectivity index (χ2v) is 6.92. The molecule has 0 radical (unpaired) electrons. The summed E-state index contributed by atoms with van der Waals surface area (Å²) in [7, 11) is 0. The van der Waals surface area contributed by atoms with E-state index in [0.717, 1.165) is 11.1 Å². The van der Waals surface area contributed by atoms with Gasteiger partial charge in [0, 0.05) is 23.8 Å². The maximum atomic E-state index is 14.4. The van der Waals surface area contributed by atoms with Crippen LogP contribution in [0.3, 0.4) is 0 Å². The largest absolute Gasteiger partial charge is 0.352 e. The van der Waals surface area contributed by atoms with Gasteiger partial charge >= 0.3 is 0 Å². The van der Waals surface area contributed by atoms with Crippen LogP contribution in [0.1, 0.15) is 16.7 Å². The van der Waals surface area contributed by atoms with Crippen molar-refractivity contribution in [2.45, 2.75) is 18.4 Å². The van der Waals surface area contributed by atoms with Gasteiger partial charge in [-0.3, -0.25) is 4.98 Å². The highest BCUT2D eigenvalue weighted by molar-refractivity contribution is 7.98. The van der Waals surface area contributed by atoms with Crippen LogP contribution in [0.2, 0.25) is 5.02 Å². The summed E-state index contributed by atoms with van der Waals surface area (Å²) in [6, 6.07) is 6.08. The van der Waals surface area contributed by atoms with Crippen molar-refractivity contribution in [1.82, 2.24) is 9.97 Å². The topological polar surface area (TPSA) is 37.8 Å². The lowest BCUT2D eigenvalue weighted by Gasteiger charge is -2.14. The highest BCUT2D eigenvalue weighted by atomic mass is 35.5. The van der Waals surface area contributed by atoms with E-state index >= 15 is 0 Å². The number of thioether (sulfide) groups is 1. The van der Waals surface area contributed by atoms with Gasteiger partial charge < -0.3 is 5.32 Å². The minimum Gasteiger partial charge on any atom is -0.352 e. The third-order valence-electron chi connectivity index (χ3n) is 4.03. The summed E-state index contributed by atoms with van der Waals surface area (Å²) in [6.45, 7) is 1.89. The van der Waals surface area contributed by atoms with Crippen molar-refractivity contribution < 1.29 is 8.78 Å². The van der Waals surface area contributed by atoms with E-state index in [0.29, 0.717) is 33.4 Å². The molecule has 3 aromatic rings. The Hall–Kier alpha value is -2.18. The molecule has 3 rings (SSSR count). The zero-order chi connectivity index (χ0) is 18.7. The predicted molar refractivity (Wildman–Crippen MR) is 102 cm³/mol. The lowest BCUT2D eigenvalue weighted by molar-refractivity contribution is 0.574. The fraction of sp³-hybridized carbons (Fsp3) is 0.158. The quantitative estimate of drug-likeness (QED) is 0.560. The number of aromatic nitrogens is 2. The fourth-order valence-corrected chi connectivity index (χ4v) is 3.19. The van der Waals surface area contributed by atoms with Crippen LogP contribution in [0.5, 0.6) is 0 Å². The minimum atomic E-state index is -0.452. The molecule has 1 N–H and O–H groups in total. The summed E-state index contributed by atoms with van der Waals surface area (Å²) >= 11 is 7.05. The zero-order valence-electron chi connectivity index (χ0n) is 14.2. The first-order valence-corrected chi connectivity index (χ1v) is 9.42. The number of nitrogens with one attached hydrogen (secondary N) is 1. The third-order valence-corrected chi connectivity index (χ3v) is 4.94. The molecular formula is C19H16ClF2N3S. The number of halogens is 3. The fourth-order valence-electron chi connectivity index (χ4n) is 2.55. The number of hydrogen-bond acceptors (Lipinski definition) is 4. The molecule has 0 saturated heterocycles. The predicted octanol–water partition coefficient (Wildman–Crippen LogP) is 5.77. The normalized spacial score (nSPS) is 10.8. The maximum Gasteiger partial charge on any atom is 0.158 e. The number of nitrogens with zero attached hydrogens (tertiary/aromatic N) is 2. The summed E-state index contributed by atoms with van der Waals surface area (Å²) in [6.07, 6.45) is 7.06. The smallest absolute Gasteiger partial charge is 0.158 e. The third kappa shape index (κ3) is 3.97. The molecule has 2 heterocycles. The number of hydrogen-bond donors (Lipinski definition) is 1. The Morgan fingerprint density at radius 2 is 1.92 bits per heavy atom. The van der Waals surface area contributed by atoms with Crippen LogP contribution in [0.25, 0.3) is 0 Å². The first-order chi connectivity index (χ1) is 12.5. The molecule has 134 valence electrons. The standard InChI is InChI=1S/C19H16ClF2N3S/c1-11-13(7-12-5-6-24-19(26-2)18(12)22)9-23-10-17(11)25-16-4-3-14(20)8-15(16)21/h3-6,8-10,25H,7H2,1-2H3. The summed E-state index contributed by atoms with van der Waals surface area (Å²) < 4.78 is 28.5. The van der Waals surface area contributed by atoms with Gasteiger partial charge in [-0.25, -0.2) is 13.8 Å². The van der Waals surface area contributed by atoms with Gasteiger partial charge in [0.2, 0.25) is 0 Å². The van der Waals surface area contributed by atoms with Gasteiger partial charge in [-0.1, -0.05) is 11.6 Å². The SMILES string of the molecule is CSc1nccc(Cc2cncc(Nc3ccc(Cl)cc3F)c2C)c1F. The zero-order valence-corrected chi connectivity index (χ0v) is 15.8. The first-order valence-electron chi connectivity index (χ1n) is 7.82. The van der Waals surface area contributed by atoms with Crippen molar-refractivity contribution in [2.75, 3.05) is 11.6 Å². The molecule has 0 unspecified atom stereocenters. The molecule has 0 aliphatic rings. The Bertz CT molecular complexity index is 950. The van der Waals surface area contributed by atoms with Gasteiger partial charge in [0.25, 0.3) is 0 Å². The molecule has 3 nitrogen and oxygen atoms in total. The maximum absolute atomic E-state index is 14.4.